The highest BCUT2D eigenvalue weighted by atomic mass is 16.3. The lowest BCUT2D eigenvalue weighted by atomic mass is 10.1. The van der Waals surface area contributed by atoms with Gasteiger partial charge in [-0.1, -0.05) is 5.92 Å². The van der Waals surface area contributed by atoms with E-state index >= 15 is 0 Å². The summed E-state index contributed by atoms with van der Waals surface area (Å²) in [4.78, 5) is 0. The largest absolute Gasteiger partial charge is 0.377 e. The third kappa shape index (κ3) is 2.62. The monoisotopic (exact) mass is 113 g/mol. The summed E-state index contributed by atoms with van der Waals surface area (Å²) >= 11 is 0. The van der Waals surface area contributed by atoms with Gasteiger partial charge in [-0.05, 0) is 13.8 Å². The maximum Gasteiger partial charge on any atom is 0.134 e. The van der Waals surface area contributed by atoms with Gasteiger partial charge in [0.15, 0.2) is 0 Å². The lowest BCUT2D eigenvalue weighted by molar-refractivity contribution is 0.131. The molecule has 0 amide bonds. The molecule has 1 atom stereocenters. The molecule has 0 aromatic carbocycles. The molecule has 0 saturated carbocycles. The lowest BCUT2D eigenvalue weighted by Crippen LogP contribution is -2.32. The van der Waals surface area contributed by atoms with E-state index in [9.17, 15) is 0 Å². The summed E-state index contributed by atoms with van der Waals surface area (Å²) in [7, 11) is 0. The van der Waals surface area contributed by atoms with Gasteiger partial charge in [0.1, 0.15) is 5.60 Å². The molecule has 1 unspecified atom stereocenters. The molecule has 0 heterocycles. The maximum absolute atomic E-state index is 9.02. The number of hydrogen-bond acceptors (Lipinski definition) is 2. The minimum atomic E-state index is -0.991. The van der Waals surface area contributed by atoms with Gasteiger partial charge in [0.2, 0.25) is 0 Å². The Labute approximate surface area is 49.7 Å². The minimum Gasteiger partial charge on any atom is -0.377 e. The van der Waals surface area contributed by atoms with Crippen molar-refractivity contribution < 1.29 is 5.11 Å². The van der Waals surface area contributed by atoms with Crippen LogP contribution >= 0.6 is 0 Å². The third-order valence-electron chi connectivity index (χ3n) is 0.792. The first-order valence-corrected chi connectivity index (χ1v) is 2.49. The zero-order valence-electron chi connectivity index (χ0n) is 5.23. The zero-order valence-corrected chi connectivity index (χ0v) is 5.23. The van der Waals surface area contributed by atoms with Gasteiger partial charge in [-0.15, -0.1) is 5.92 Å². The molecule has 2 heteroatoms. The van der Waals surface area contributed by atoms with Crippen LogP contribution in [0.2, 0.25) is 0 Å². The molecule has 0 bridgehead atoms. The molecular formula is C6H11NO. The van der Waals surface area contributed by atoms with Crippen molar-refractivity contribution >= 4 is 0 Å². The molecule has 0 aromatic heterocycles. The van der Waals surface area contributed by atoms with E-state index in [0.717, 1.165) is 0 Å². The molecule has 0 radical (unpaired) electrons. The number of hydrogen-bond donors (Lipinski definition) is 2. The summed E-state index contributed by atoms with van der Waals surface area (Å²) in [6.07, 6.45) is 0. The van der Waals surface area contributed by atoms with Gasteiger partial charge in [0, 0.05) is 6.54 Å². The first-order valence-electron chi connectivity index (χ1n) is 2.49. The second-order valence-corrected chi connectivity index (χ2v) is 1.85. The van der Waals surface area contributed by atoms with Gasteiger partial charge in [-0.3, -0.25) is 0 Å². The third-order valence-corrected chi connectivity index (χ3v) is 0.792. The van der Waals surface area contributed by atoms with Crippen molar-refractivity contribution in [2.75, 3.05) is 6.54 Å². The van der Waals surface area contributed by atoms with Crippen molar-refractivity contribution in [3.63, 3.8) is 0 Å². The molecule has 0 aliphatic rings. The smallest absolute Gasteiger partial charge is 0.134 e. The Balaban J connectivity index is 3.85. The normalized spacial score (nSPS) is 16.0. The molecule has 3 N–H and O–H groups in total. The highest BCUT2D eigenvalue weighted by molar-refractivity contribution is 5.10. The molecule has 2 nitrogen and oxygen atoms in total. The van der Waals surface area contributed by atoms with Crippen molar-refractivity contribution in [3.05, 3.63) is 0 Å². The van der Waals surface area contributed by atoms with Crippen LogP contribution in [0.25, 0.3) is 0 Å². The summed E-state index contributed by atoms with van der Waals surface area (Å²) in [6, 6.07) is 0. The average Bonchev–Trinajstić information content (AvgIpc) is 1.67. The van der Waals surface area contributed by atoms with Crippen molar-refractivity contribution in [3.8, 4) is 11.8 Å². The highest BCUT2D eigenvalue weighted by Gasteiger charge is 2.11. The van der Waals surface area contributed by atoms with Crippen molar-refractivity contribution in [2.45, 2.75) is 19.4 Å². The molecule has 0 aliphatic carbocycles. The lowest BCUT2D eigenvalue weighted by Gasteiger charge is -2.11. The van der Waals surface area contributed by atoms with E-state index in [0.29, 0.717) is 0 Å². The molecule has 46 valence electrons. The Bertz CT molecular complexity index is 118. The summed E-state index contributed by atoms with van der Waals surface area (Å²) in [5.74, 6) is 5.13. The Morgan fingerprint density at radius 3 is 2.38 bits per heavy atom. The average molecular weight is 113 g/mol. The quantitative estimate of drug-likeness (QED) is 0.459. The number of rotatable bonds is 1. The summed E-state index contributed by atoms with van der Waals surface area (Å²) in [6.45, 7) is 3.45. The zero-order chi connectivity index (χ0) is 6.62. The van der Waals surface area contributed by atoms with E-state index < -0.39 is 5.60 Å². The molecule has 0 aliphatic heterocycles. The Kier molecular flexibility index (Phi) is 2.53. The van der Waals surface area contributed by atoms with Gasteiger partial charge in [0.05, 0.1) is 0 Å². The second kappa shape index (κ2) is 2.71. The van der Waals surface area contributed by atoms with Crippen LogP contribution in [0.15, 0.2) is 0 Å². The van der Waals surface area contributed by atoms with E-state index in [-0.39, 0.29) is 6.54 Å². The summed E-state index contributed by atoms with van der Waals surface area (Å²) < 4.78 is 0. The van der Waals surface area contributed by atoms with Gasteiger partial charge in [0.25, 0.3) is 0 Å². The fraction of sp³-hybridized carbons (Fsp3) is 0.667. The predicted octanol–water partition coefficient (Wildman–Crippen LogP) is -0.281. The molecule has 0 fully saturated rings. The van der Waals surface area contributed by atoms with Crippen LogP contribution in [0.1, 0.15) is 13.8 Å². The van der Waals surface area contributed by atoms with Crippen LogP contribution in [0.3, 0.4) is 0 Å². The highest BCUT2D eigenvalue weighted by Crippen LogP contribution is 1.94. The summed E-state index contributed by atoms with van der Waals surface area (Å²) in [5.41, 5.74) is 4.15. The first kappa shape index (κ1) is 7.48. The fourth-order valence-corrected chi connectivity index (χ4v) is 0.320. The Hall–Kier alpha value is -0.520. The van der Waals surface area contributed by atoms with E-state index in [1.165, 1.54) is 0 Å². The molecule has 0 saturated heterocycles. The van der Waals surface area contributed by atoms with E-state index in [1.807, 2.05) is 0 Å². The summed E-state index contributed by atoms with van der Waals surface area (Å²) in [5, 5.41) is 9.02. The molecule has 0 spiro atoms. The van der Waals surface area contributed by atoms with E-state index in [4.69, 9.17) is 10.8 Å². The van der Waals surface area contributed by atoms with Gasteiger partial charge in [-0.2, -0.15) is 0 Å². The van der Waals surface area contributed by atoms with Gasteiger partial charge in [-0.25, -0.2) is 0 Å². The van der Waals surface area contributed by atoms with Crippen LogP contribution in [0.5, 0.6) is 0 Å². The maximum atomic E-state index is 9.02. The Morgan fingerprint density at radius 1 is 1.75 bits per heavy atom. The topological polar surface area (TPSA) is 46.2 Å². The first-order chi connectivity index (χ1) is 3.62. The van der Waals surface area contributed by atoms with Crippen LogP contribution in [-0.4, -0.2) is 17.3 Å². The second-order valence-electron chi connectivity index (χ2n) is 1.85. The molecule has 0 aromatic rings. The Morgan fingerprint density at radius 2 is 2.25 bits per heavy atom. The molecule has 8 heavy (non-hydrogen) atoms. The molecular weight excluding hydrogens is 102 g/mol. The molecule has 0 rings (SSSR count). The van der Waals surface area contributed by atoms with Crippen LogP contribution < -0.4 is 5.73 Å². The van der Waals surface area contributed by atoms with Crippen LogP contribution in [0, 0.1) is 11.8 Å². The predicted molar refractivity (Wildman–Crippen MR) is 33.1 cm³/mol. The fourth-order valence-electron chi connectivity index (χ4n) is 0.320. The van der Waals surface area contributed by atoms with Crippen molar-refractivity contribution in [2.24, 2.45) is 5.73 Å². The van der Waals surface area contributed by atoms with Crippen molar-refractivity contribution in [1.29, 1.82) is 0 Å². The van der Waals surface area contributed by atoms with Gasteiger partial charge >= 0.3 is 0 Å². The standard InChI is InChI=1S/C6H11NO/c1-3-4-6(2,8)5-7/h8H,5,7H2,1-2H3. The van der Waals surface area contributed by atoms with Crippen molar-refractivity contribution in [1.82, 2.24) is 0 Å². The SMILES string of the molecule is CC#CC(C)(O)CN. The van der Waals surface area contributed by atoms with E-state index in [2.05, 4.69) is 11.8 Å². The number of aliphatic hydroxyl groups is 1. The van der Waals surface area contributed by atoms with Crippen LogP contribution in [0.4, 0.5) is 0 Å². The van der Waals surface area contributed by atoms with E-state index in [1.54, 1.807) is 13.8 Å². The number of nitrogens with two attached hydrogens (primary N) is 1. The van der Waals surface area contributed by atoms with Gasteiger partial charge < -0.3 is 10.8 Å². The van der Waals surface area contributed by atoms with Crippen LogP contribution in [-0.2, 0) is 0 Å². The minimum absolute atomic E-state index is 0.188.